The number of hydrogen-bond acceptors (Lipinski definition) is 3. The first-order valence-corrected chi connectivity index (χ1v) is 9.25. The van der Waals surface area contributed by atoms with Crippen molar-refractivity contribution in [1.29, 1.82) is 0 Å². The molecule has 128 valence electrons. The minimum Gasteiger partial charge on any atom is -0.326 e. The van der Waals surface area contributed by atoms with E-state index in [1.165, 1.54) is 23.5 Å². The predicted octanol–water partition coefficient (Wildman–Crippen LogP) is 3.50. The van der Waals surface area contributed by atoms with Crippen LogP contribution >= 0.6 is 0 Å². The number of para-hydroxylation sites is 1. The molecule has 1 atom stereocenters. The van der Waals surface area contributed by atoms with Crippen LogP contribution < -0.4 is 9.62 Å². The highest BCUT2D eigenvalue weighted by Gasteiger charge is 2.22. The van der Waals surface area contributed by atoms with E-state index >= 15 is 0 Å². The molecule has 0 heterocycles. The lowest BCUT2D eigenvalue weighted by Gasteiger charge is -2.20. The summed E-state index contributed by atoms with van der Waals surface area (Å²) >= 11 is 0. The molecule has 0 unspecified atom stereocenters. The standard InChI is InChI=1S/C18H22N2O3S/c1-4-14(2)18(21)19-15-9-8-12-17(13-15)24(22,23)20(3)16-10-6-5-7-11-16/h5-14H,4H2,1-3H3,(H,19,21)/t14-/m0/s1. The summed E-state index contributed by atoms with van der Waals surface area (Å²) in [6, 6.07) is 15.2. The van der Waals surface area contributed by atoms with Crippen LogP contribution in [0.3, 0.4) is 0 Å². The van der Waals surface area contributed by atoms with Gasteiger partial charge in [-0.15, -0.1) is 0 Å². The van der Waals surface area contributed by atoms with Gasteiger partial charge < -0.3 is 5.32 Å². The van der Waals surface area contributed by atoms with Gasteiger partial charge in [0.15, 0.2) is 0 Å². The number of rotatable bonds is 6. The molecule has 0 saturated heterocycles. The predicted molar refractivity (Wildman–Crippen MR) is 96.6 cm³/mol. The zero-order valence-corrected chi connectivity index (χ0v) is 14.9. The summed E-state index contributed by atoms with van der Waals surface area (Å²) in [6.45, 7) is 3.76. The fourth-order valence-corrected chi connectivity index (χ4v) is 3.36. The lowest BCUT2D eigenvalue weighted by molar-refractivity contribution is -0.119. The van der Waals surface area contributed by atoms with Crippen LogP contribution in [0, 0.1) is 5.92 Å². The maximum Gasteiger partial charge on any atom is 0.264 e. The lowest BCUT2D eigenvalue weighted by Crippen LogP contribution is -2.26. The number of nitrogens with one attached hydrogen (secondary N) is 1. The number of carbonyl (C=O) groups is 1. The van der Waals surface area contributed by atoms with Crippen molar-refractivity contribution in [1.82, 2.24) is 0 Å². The van der Waals surface area contributed by atoms with E-state index in [2.05, 4.69) is 5.32 Å². The summed E-state index contributed by atoms with van der Waals surface area (Å²) in [5.74, 6) is -0.249. The molecule has 1 amide bonds. The second-order valence-electron chi connectivity index (χ2n) is 5.63. The lowest BCUT2D eigenvalue weighted by atomic mass is 10.1. The third kappa shape index (κ3) is 3.94. The topological polar surface area (TPSA) is 66.5 Å². The van der Waals surface area contributed by atoms with Crippen molar-refractivity contribution < 1.29 is 13.2 Å². The molecule has 0 bridgehead atoms. The van der Waals surface area contributed by atoms with Gasteiger partial charge in [0.2, 0.25) is 5.91 Å². The number of hydrogen-bond donors (Lipinski definition) is 1. The van der Waals surface area contributed by atoms with Gasteiger partial charge in [-0.25, -0.2) is 8.42 Å². The monoisotopic (exact) mass is 346 g/mol. The van der Waals surface area contributed by atoms with E-state index in [4.69, 9.17) is 0 Å². The SMILES string of the molecule is CC[C@H](C)C(=O)Nc1cccc(S(=O)(=O)N(C)c2ccccc2)c1. The zero-order chi connectivity index (χ0) is 17.7. The average molecular weight is 346 g/mol. The van der Waals surface area contributed by atoms with Gasteiger partial charge in [-0.3, -0.25) is 9.10 Å². The molecule has 2 aromatic carbocycles. The van der Waals surface area contributed by atoms with E-state index in [-0.39, 0.29) is 16.7 Å². The Balaban J connectivity index is 2.28. The van der Waals surface area contributed by atoms with Crippen molar-refractivity contribution in [2.24, 2.45) is 5.92 Å². The normalized spacial score (nSPS) is 12.5. The number of amides is 1. The zero-order valence-electron chi connectivity index (χ0n) is 14.1. The molecular formula is C18H22N2O3S. The number of benzene rings is 2. The van der Waals surface area contributed by atoms with Crippen molar-refractivity contribution >= 4 is 27.3 Å². The number of nitrogens with zero attached hydrogens (tertiary/aromatic N) is 1. The number of sulfonamides is 1. The quantitative estimate of drug-likeness (QED) is 0.870. The Kier molecular flexibility index (Phi) is 5.62. The van der Waals surface area contributed by atoms with Gasteiger partial charge in [-0.2, -0.15) is 0 Å². The van der Waals surface area contributed by atoms with Gasteiger partial charge in [-0.05, 0) is 36.8 Å². The fraction of sp³-hybridized carbons (Fsp3) is 0.278. The molecule has 0 fully saturated rings. The summed E-state index contributed by atoms with van der Waals surface area (Å²) in [5.41, 5.74) is 1.05. The molecule has 24 heavy (non-hydrogen) atoms. The Labute approximate surface area is 143 Å². The molecule has 0 saturated carbocycles. The van der Waals surface area contributed by atoms with E-state index in [9.17, 15) is 13.2 Å². The summed E-state index contributed by atoms with van der Waals surface area (Å²) < 4.78 is 26.8. The van der Waals surface area contributed by atoms with Gasteiger partial charge >= 0.3 is 0 Å². The first-order valence-electron chi connectivity index (χ1n) is 7.81. The average Bonchev–Trinajstić information content (AvgIpc) is 2.61. The molecule has 5 nitrogen and oxygen atoms in total. The minimum atomic E-state index is -3.69. The van der Waals surface area contributed by atoms with Crippen molar-refractivity contribution in [3.8, 4) is 0 Å². The third-order valence-electron chi connectivity index (χ3n) is 3.94. The van der Waals surface area contributed by atoms with Crippen molar-refractivity contribution in [2.45, 2.75) is 25.2 Å². The van der Waals surface area contributed by atoms with Crippen LogP contribution in [-0.4, -0.2) is 21.4 Å². The van der Waals surface area contributed by atoms with E-state index in [0.29, 0.717) is 11.4 Å². The Morgan fingerprint density at radius 2 is 1.79 bits per heavy atom. The van der Waals surface area contributed by atoms with E-state index in [0.717, 1.165) is 6.42 Å². The van der Waals surface area contributed by atoms with Crippen molar-refractivity contribution in [3.05, 3.63) is 54.6 Å². The molecule has 6 heteroatoms. The number of carbonyl (C=O) groups excluding carboxylic acids is 1. The second kappa shape index (κ2) is 7.49. The maximum absolute atomic E-state index is 12.8. The maximum atomic E-state index is 12.8. The van der Waals surface area contributed by atoms with Crippen molar-refractivity contribution in [3.63, 3.8) is 0 Å². The third-order valence-corrected chi connectivity index (χ3v) is 5.72. The van der Waals surface area contributed by atoms with Gasteiger partial charge in [-0.1, -0.05) is 38.1 Å². The van der Waals surface area contributed by atoms with Crippen LogP contribution in [0.4, 0.5) is 11.4 Å². The van der Waals surface area contributed by atoms with Gasteiger partial charge in [0, 0.05) is 18.7 Å². The molecule has 0 aliphatic carbocycles. The first-order chi connectivity index (χ1) is 11.4. The Bertz CT molecular complexity index is 804. The summed E-state index contributed by atoms with van der Waals surface area (Å²) in [6.07, 6.45) is 0.723. The highest BCUT2D eigenvalue weighted by Crippen LogP contribution is 2.24. The Morgan fingerprint density at radius 1 is 1.12 bits per heavy atom. The van der Waals surface area contributed by atoms with E-state index in [1.807, 2.05) is 19.9 Å². The largest absolute Gasteiger partial charge is 0.326 e. The fourth-order valence-electron chi connectivity index (χ4n) is 2.12. The van der Waals surface area contributed by atoms with Crippen LogP contribution in [0.2, 0.25) is 0 Å². The molecule has 0 aliphatic rings. The number of anilines is 2. The summed E-state index contributed by atoms with van der Waals surface area (Å²) in [7, 11) is -2.19. The van der Waals surface area contributed by atoms with Crippen LogP contribution in [0.25, 0.3) is 0 Å². The van der Waals surface area contributed by atoms with Crippen LogP contribution in [0.1, 0.15) is 20.3 Å². The highest BCUT2D eigenvalue weighted by molar-refractivity contribution is 7.92. The van der Waals surface area contributed by atoms with Gasteiger partial charge in [0.05, 0.1) is 10.6 Å². The molecule has 0 spiro atoms. The second-order valence-corrected chi connectivity index (χ2v) is 7.60. The van der Waals surface area contributed by atoms with Crippen LogP contribution in [-0.2, 0) is 14.8 Å². The molecule has 2 rings (SSSR count). The van der Waals surface area contributed by atoms with Gasteiger partial charge in [0.25, 0.3) is 10.0 Å². The minimum absolute atomic E-state index is 0.122. The molecule has 1 N–H and O–H groups in total. The van der Waals surface area contributed by atoms with E-state index in [1.54, 1.807) is 36.4 Å². The molecule has 0 radical (unpaired) electrons. The highest BCUT2D eigenvalue weighted by atomic mass is 32.2. The molecule has 2 aromatic rings. The summed E-state index contributed by atoms with van der Waals surface area (Å²) in [5, 5.41) is 2.76. The summed E-state index contributed by atoms with van der Waals surface area (Å²) in [4.78, 5) is 12.1. The van der Waals surface area contributed by atoms with Crippen molar-refractivity contribution in [2.75, 3.05) is 16.7 Å². The van der Waals surface area contributed by atoms with Gasteiger partial charge in [0.1, 0.15) is 0 Å². The van der Waals surface area contributed by atoms with Crippen LogP contribution in [0.15, 0.2) is 59.5 Å². The van der Waals surface area contributed by atoms with Crippen LogP contribution in [0.5, 0.6) is 0 Å². The first kappa shape index (κ1) is 18.0. The Morgan fingerprint density at radius 3 is 2.42 bits per heavy atom. The molecular weight excluding hydrogens is 324 g/mol. The Hall–Kier alpha value is -2.34. The molecule has 0 aliphatic heterocycles. The smallest absolute Gasteiger partial charge is 0.264 e. The van der Waals surface area contributed by atoms with E-state index < -0.39 is 10.0 Å². The molecule has 0 aromatic heterocycles.